The van der Waals surface area contributed by atoms with E-state index < -0.39 is 0 Å². The average Bonchev–Trinajstić information content (AvgIpc) is 3.30. The van der Waals surface area contributed by atoms with Crippen LogP contribution in [0, 0.1) is 0 Å². The van der Waals surface area contributed by atoms with Gasteiger partial charge in [0.05, 0.1) is 39.1 Å². The van der Waals surface area contributed by atoms with Crippen LogP contribution < -0.4 is 14.2 Å². The summed E-state index contributed by atoms with van der Waals surface area (Å²) in [6, 6.07) is 13.6. The Kier molecular flexibility index (Phi) is 7.50. The van der Waals surface area contributed by atoms with Gasteiger partial charge >= 0.3 is 0 Å². The van der Waals surface area contributed by atoms with Crippen LogP contribution in [-0.4, -0.2) is 62.0 Å². The minimum Gasteiger partial charge on any atom is -0.494 e. The highest BCUT2D eigenvalue weighted by Crippen LogP contribution is 2.36. The van der Waals surface area contributed by atoms with Gasteiger partial charge in [-0.1, -0.05) is 18.6 Å². The molecule has 0 N–H and O–H groups in total. The van der Waals surface area contributed by atoms with E-state index in [2.05, 4.69) is 4.90 Å². The second-order valence-electron chi connectivity index (χ2n) is 8.41. The highest BCUT2D eigenvalue weighted by Gasteiger charge is 2.34. The van der Waals surface area contributed by atoms with Gasteiger partial charge in [0.15, 0.2) is 11.5 Å². The molecule has 1 fully saturated rings. The number of rotatable bonds is 8. The van der Waals surface area contributed by atoms with E-state index in [1.807, 2.05) is 49.4 Å². The van der Waals surface area contributed by atoms with Gasteiger partial charge in [0, 0.05) is 12.0 Å². The fourth-order valence-electron chi connectivity index (χ4n) is 4.52. The topological polar surface area (TPSA) is 63.6 Å². The van der Waals surface area contributed by atoms with Gasteiger partial charge in [0.25, 0.3) is 5.91 Å². The van der Waals surface area contributed by atoms with E-state index in [1.165, 1.54) is 6.42 Å². The molecule has 176 valence electrons. The standard InChI is InChI=1S/C26H33N3O4/c1-4-33-21-11-8-19(9-12-21)23-17-22(20-10-13-24(31-2)25(16-20)32-3)27-29(23)26(30)18-28-14-6-5-7-15-28/h8-13,16,23H,4-7,14-15,17-18H2,1-3H3. The maximum atomic E-state index is 13.4. The summed E-state index contributed by atoms with van der Waals surface area (Å²) in [5.74, 6) is 2.17. The molecule has 7 nitrogen and oxygen atoms in total. The summed E-state index contributed by atoms with van der Waals surface area (Å²) in [7, 11) is 3.24. The zero-order valence-corrected chi connectivity index (χ0v) is 19.8. The number of hydrogen-bond acceptors (Lipinski definition) is 6. The molecule has 1 saturated heterocycles. The summed E-state index contributed by atoms with van der Waals surface area (Å²) in [6.07, 6.45) is 4.17. The second kappa shape index (κ2) is 10.7. The number of carbonyl (C=O) groups is 1. The van der Waals surface area contributed by atoms with Gasteiger partial charge in [-0.25, -0.2) is 5.01 Å². The number of methoxy groups -OCH3 is 2. The summed E-state index contributed by atoms with van der Waals surface area (Å²) in [4.78, 5) is 15.6. The zero-order chi connectivity index (χ0) is 23.2. The van der Waals surface area contributed by atoms with Crippen LogP contribution >= 0.6 is 0 Å². The average molecular weight is 452 g/mol. The lowest BCUT2D eigenvalue weighted by Crippen LogP contribution is -2.40. The predicted octanol–water partition coefficient (Wildman–Crippen LogP) is 4.27. The minimum atomic E-state index is -0.152. The highest BCUT2D eigenvalue weighted by molar-refractivity contribution is 6.03. The molecule has 0 bridgehead atoms. The highest BCUT2D eigenvalue weighted by atomic mass is 16.5. The maximum Gasteiger partial charge on any atom is 0.257 e. The van der Waals surface area contributed by atoms with Crippen molar-refractivity contribution in [3.05, 3.63) is 53.6 Å². The lowest BCUT2D eigenvalue weighted by Gasteiger charge is -2.29. The normalized spacial score (nSPS) is 18.7. The third kappa shape index (κ3) is 5.30. The molecule has 2 aromatic carbocycles. The third-order valence-corrected chi connectivity index (χ3v) is 6.27. The summed E-state index contributed by atoms with van der Waals surface area (Å²) in [6.45, 7) is 4.93. The number of likely N-dealkylation sites (tertiary alicyclic amines) is 1. The van der Waals surface area contributed by atoms with Crippen LogP contribution in [0.5, 0.6) is 17.2 Å². The van der Waals surface area contributed by atoms with Gasteiger partial charge in [-0.05, 0) is 68.8 Å². The molecule has 2 heterocycles. The molecular weight excluding hydrogens is 418 g/mol. The monoisotopic (exact) mass is 451 g/mol. The molecule has 7 heteroatoms. The summed E-state index contributed by atoms with van der Waals surface area (Å²) >= 11 is 0. The Bertz CT molecular complexity index is 984. The third-order valence-electron chi connectivity index (χ3n) is 6.27. The molecular formula is C26H33N3O4. The lowest BCUT2D eigenvalue weighted by atomic mass is 9.98. The first-order valence-electron chi connectivity index (χ1n) is 11.7. The predicted molar refractivity (Wildman–Crippen MR) is 128 cm³/mol. The van der Waals surface area contributed by atoms with Gasteiger partial charge in [-0.15, -0.1) is 0 Å². The number of hydrazone groups is 1. The fraction of sp³-hybridized carbons (Fsp3) is 0.462. The second-order valence-corrected chi connectivity index (χ2v) is 8.41. The Morgan fingerprint density at radius 1 is 1.00 bits per heavy atom. The summed E-state index contributed by atoms with van der Waals surface area (Å²) in [5, 5.41) is 6.49. The SMILES string of the molecule is CCOc1ccc(C2CC(c3ccc(OC)c(OC)c3)=NN2C(=O)CN2CCCCC2)cc1. The van der Waals surface area contributed by atoms with Crippen molar-refractivity contribution in [2.75, 3.05) is 40.5 Å². The van der Waals surface area contributed by atoms with Gasteiger partial charge in [0.2, 0.25) is 0 Å². The molecule has 2 aliphatic heterocycles. The lowest BCUT2D eigenvalue weighted by molar-refractivity contribution is -0.134. The number of amides is 1. The van der Waals surface area contributed by atoms with Crippen molar-refractivity contribution in [2.45, 2.75) is 38.6 Å². The Balaban J connectivity index is 1.61. The molecule has 1 atom stereocenters. The minimum absolute atomic E-state index is 0.0336. The van der Waals surface area contributed by atoms with Crippen molar-refractivity contribution in [3.63, 3.8) is 0 Å². The van der Waals surface area contributed by atoms with Gasteiger partial charge in [0.1, 0.15) is 5.75 Å². The first kappa shape index (κ1) is 23.1. The van der Waals surface area contributed by atoms with E-state index in [0.717, 1.165) is 48.5 Å². The fourth-order valence-corrected chi connectivity index (χ4v) is 4.52. The molecule has 4 rings (SSSR count). The summed E-state index contributed by atoms with van der Waals surface area (Å²) in [5.41, 5.74) is 2.84. The Labute approximate surface area is 195 Å². The van der Waals surface area contributed by atoms with E-state index in [1.54, 1.807) is 19.2 Å². The zero-order valence-electron chi connectivity index (χ0n) is 19.8. The van der Waals surface area contributed by atoms with Gasteiger partial charge in [-0.3, -0.25) is 9.69 Å². The van der Waals surface area contributed by atoms with Crippen molar-refractivity contribution in [1.82, 2.24) is 9.91 Å². The Hall–Kier alpha value is -3.06. The van der Waals surface area contributed by atoms with Crippen molar-refractivity contribution < 1.29 is 19.0 Å². The summed E-state index contributed by atoms with van der Waals surface area (Å²) < 4.78 is 16.4. The maximum absolute atomic E-state index is 13.4. The van der Waals surface area contributed by atoms with E-state index in [4.69, 9.17) is 19.3 Å². The Morgan fingerprint density at radius 2 is 1.73 bits per heavy atom. The van der Waals surface area contributed by atoms with Crippen molar-refractivity contribution >= 4 is 11.6 Å². The van der Waals surface area contributed by atoms with E-state index in [0.29, 0.717) is 31.1 Å². The number of piperidine rings is 1. The number of benzene rings is 2. The van der Waals surface area contributed by atoms with Crippen molar-refractivity contribution in [3.8, 4) is 17.2 Å². The molecule has 0 radical (unpaired) electrons. The molecule has 0 spiro atoms. The van der Waals surface area contributed by atoms with Crippen LogP contribution in [0.4, 0.5) is 0 Å². The number of ether oxygens (including phenoxy) is 3. The van der Waals surface area contributed by atoms with Crippen LogP contribution in [-0.2, 0) is 4.79 Å². The molecule has 0 aliphatic carbocycles. The molecule has 0 aromatic heterocycles. The molecule has 1 amide bonds. The molecule has 2 aliphatic rings. The first-order chi connectivity index (χ1) is 16.1. The van der Waals surface area contributed by atoms with Gasteiger partial charge < -0.3 is 14.2 Å². The van der Waals surface area contributed by atoms with Crippen LogP contribution in [0.1, 0.15) is 49.8 Å². The number of hydrogen-bond donors (Lipinski definition) is 0. The molecule has 0 saturated carbocycles. The van der Waals surface area contributed by atoms with Gasteiger partial charge in [-0.2, -0.15) is 5.10 Å². The van der Waals surface area contributed by atoms with E-state index in [-0.39, 0.29) is 11.9 Å². The number of carbonyl (C=O) groups excluding carboxylic acids is 1. The first-order valence-corrected chi connectivity index (χ1v) is 11.7. The molecule has 2 aromatic rings. The van der Waals surface area contributed by atoms with Crippen LogP contribution in [0.2, 0.25) is 0 Å². The van der Waals surface area contributed by atoms with Crippen molar-refractivity contribution in [2.24, 2.45) is 5.10 Å². The Morgan fingerprint density at radius 3 is 2.39 bits per heavy atom. The van der Waals surface area contributed by atoms with E-state index >= 15 is 0 Å². The van der Waals surface area contributed by atoms with E-state index in [9.17, 15) is 4.79 Å². The van der Waals surface area contributed by atoms with Crippen LogP contribution in [0.15, 0.2) is 47.6 Å². The number of nitrogens with zero attached hydrogens (tertiary/aromatic N) is 3. The molecule has 33 heavy (non-hydrogen) atoms. The molecule has 1 unspecified atom stereocenters. The largest absolute Gasteiger partial charge is 0.494 e. The van der Waals surface area contributed by atoms with Crippen molar-refractivity contribution in [1.29, 1.82) is 0 Å². The smallest absolute Gasteiger partial charge is 0.257 e. The quantitative estimate of drug-likeness (QED) is 0.600. The van der Waals surface area contributed by atoms with Crippen LogP contribution in [0.25, 0.3) is 0 Å². The van der Waals surface area contributed by atoms with Crippen LogP contribution in [0.3, 0.4) is 0 Å².